The van der Waals surface area contributed by atoms with E-state index in [2.05, 4.69) is 10.6 Å². The number of carboxylic acid groups (broad SMARTS) is 1. The third kappa shape index (κ3) is 2.42. The van der Waals surface area contributed by atoms with Crippen molar-refractivity contribution in [2.75, 3.05) is 17.2 Å². The van der Waals surface area contributed by atoms with Crippen LogP contribution in [0.5, 0.6) is 5.75 Å². The number of nitrogens with one attached hydrogen (secondary N) is 2. The predicted octanol–water partition coefficient (Wildman–Crippen LogP) is 1.33. The van der Waals surface area contributed by atoms with Crippen LogP contribution < -0.4 is 15.4 Å². The lowest BCUT2D eigenvalue weighted by Crippen LogP contribution is -2.41. The smallest absolute Gasteiger partial charge is 0.409 e. The second kappa shape index (κ2) is 4.50. The molecule has 6 heteroatoms. The Morgan fingerprint density at radius 1 is 1.59 bits per heavy atom. The van der Waals surface area contributed by atoms with Crippen molar-refractivity contribution in [3.05, 3.63) is 18.2 Å². The molecule has 4 N–H and O–H groups in total. The first-order valence-corrected chi connectivity index (χ1v) is 5.28. The number of carbonyl (C=O) groups is 1. The summed E-state index contributed by atoms with van der Waals surface area (Å²) in [5.74, 6) is 0.609. The van der Waals surface area contributed by atoms with E-state index >= 15 is 0 Å². The molecule has 2 rings (SSSR count). The van der Waals surface area contributed by atoms with Crippen molar-refractivity contribution in [1.29, 1.82) is 0 Å². The highest BCUT2D eigenvalue weighted by Gasteiger charge is 2.25. The Hall–Kier alpha value is -1.95. The van der Waals surface area contributed by atoms with E-state index in [0.717, 1.165) is 0 Å². The largest absolute Gasteiger partial charge is 0.484 e. The number of hydrogen-bond acceptors (Lipinski definition) is 4. The fourth-order valence-corrected chi connectivity index (χ4v) is 1.75. The standard InChI is InChI=1S/C11H14N2O4/c1-6-10(5-14)17-9-3-2-7(13-11(15)16)4-8(9)12-6/h2-4,6,10,12-14H,5H2,1H3,(H,15,16)/t6-,10-/m1/s1. The summed E-state index contributed by atoms with van der Waals surface area (Å²) in [4.78, 5) is 10.5. The van der Waals surface area contributed by atoms with Gasteiger partial charge in [-0.3, -0.25) is 5.32 Å². The predicted molar refractivity (Wildman–Crippen MR) is 62.7 cm³/mol. The number of hydrogen-bond donors (Lipinski definition) is 4. The first-order chi connectivity index (χ1) is 8.10. The van der Waals surface area contributed by atoms with Gasteiger partial charge in [-0.2, -0.15) is 0 Å². The average molecular weight is 238 g/mol. The minimum Gasteiger partial charge on any atom is -0.484 e. The second-order valence-corrected chi connectivity index (χ2v) is 3.91. The zero-order valence-corrected chi connectivity index (χ0v) is 9.30. The molecular weight excluding hydrogens is 224 g/mol. The van der Waals surface area contributed by atoms with Gasteiger partial charge in [-0.1, -0.05) is 0 Å². The van der Waals surface area contributed by atoms with E-state index in [0.29, 0.717) is 17.1 Å². The molecule has 1 heterocycles. The highest BCUT2D eigenvalue weighted by molar-refractivity contribution is 5.84. The summed E-state index contributed by atoms with van der Waals surface area (Å²) in [5.41, 5.74) is 1.19. The van der Waals surface area contributed by atoms with Gasteiger partial charge in [0.05, 0.1) is 18.3 Å². The topological polar surface area (TPSA) is 90.8 Å². The van der Waals surface area contributed by atoms with Crippen LogP contribution in [0.1, 0.15) is 6.92 Å². The summed E-state index contributed by atoms with van der Waals surface area (Å²) in [6.45, 7) is 1.82. The van der Waals surface area contributed by atoms with Gasteiger partial charge in [0.25, 0.3) is 0 Å². The van der Waals surface area contributed by atoms with Gasteiger partial charge >= 0.3 is 6.09 Å². The summed E-state index contributed by atoms with van der Waals surface area (Å²) in [7, 11) is 0. The van der Waals surface area contributed by atoms with Crippen LogP contribution in [-0.2, 0) is 0 Å². The van der Waals surface area contributed by atoms with Crippen LogP contribution in [0, 0.1) is 0 Å². The average Bonchev–Trinajstić information content (AvgIpc) is 2.27. The monoisotopic (exact) mass is 238 g/mol. The Kier molecular flexibility index (Phi) is 3.06. The van der Waals surface area contributed by atoms with Gasteiger partial charge in [-0.25, -0.2) is 4.79 Å². The Morgan fingerprint density at radius 3 is 3.00 bits per heavy atom. The number of rotatable bonds is 2. The molecular formula is C11H14N2O4. The third-order valence-corrected chi connectivity index (χ3v) is 2.63. The van der Waals surface area contributed by atoms with Crippen molar-refractivity contribution in [3.63, 3.8) is 0 Å². The molecule has 1 aromatic carbocycles. The fraction of sp³-hybridized carbons (Fsp3) is 0.364. The summed E-state index contributed by atoms with van der Waals surface area (Å²) >= 11 is 0. The number of ether oxygens (including phenoxy) is 1. The molecule has 1 aliphatic rings. The summed E-state index contributed by atoms with van der Waals surface area (Å²) in [6.07, 6.45) is -1.40. The number of anilines is 2. The van der Waals surface area contributed by atoms with E-state index in [4.69, 9.17) is 14.9 Å². The molecule has 0 unspecified atom stereocenters. The normalized spacial score (nSPS) is 22.0. The highest BCUT2D eigenvalue weighted by atomic mass is 16.5. The first kappa shape index (κ1) is 11.5. The van der Waals surface area contributed by atoms with Crippen LogP contribution in [0.2, 0.25) is 0 Å². The Bertz CT molecular complexity index is 435. The molecule has 0 bridgehead atoms. The van der Waals surface area contributed by atoms with E-state index in [1.807, 2.05) is 6.92 Å². The third-order valence-electron chi connectivity index (χ3n) is 2.63. The number of aliphatic hydroxyl groups excluding tert-OH is 1. The molecule has 2 atom stereocenters. The molecule has 0 aliphatic carbocycles. The van der Waals surface area contributed by atoms with Crippen molar-refractivity contribution in [2.45, 2.75) is 19.1 Å². The SMILES string of the molecule is C[C@H]1Nc2cc(NC(=O)O)ccc2O[C@@H]1CO. The minimum absolute atomic E-state index is 0.0346. The van der Waals surface area contributed by atoms with Gasteiger partial charge in [0.15, 0.2) is 0 Å². The van der Waals surface area contributed by atoms with Crippen LogP contribution in [0.4, 0.5) is 16.2 Å². The van der Waals surface area contributed by atoms with Crippen LogP contribution in [0.15, 0.2) is 18.2 Å². The van der Waals surface area contributed by atoms with Gasteiger partial charge in [0.1, 0.15) is 11.9 Å². The maximum absolute atomic E-state index is 10.5. The van der Waals surface area contributed by atoms with Gasteiger partial charge in [0, 0.05) is 5.69 Å². The van der Waals surface area contributed by atoms with Gasteiger partial charge in [-0.15, -0.1) is 0 Å². The Labute approximate surface area is 98.2 Å². The second-order valence-electron chi connectivity index (χ2n) is 3.91. The summed E-state index contributed by atoms with van der Waals surface area (Å²) < 4.78 is 5.57. The Balaban J connectivity index is 2.23. The molecule has 0 spiro atoms. The molecule has 1 aliphatic heterocycles. The molecule has 0 aromatic heterocycles. The van der Waals surface area contributed by atoms with Crippen molar-refractivity contribution < 1.29 is 19.7 Å². The fourth-order valence-electron chi connectivity index (χ4n) is 1.75. The summed E-state index contributed by atoms with van der Waals surface area (Å²) in [5, 5.41) is 23.1. The zero-order valence-electron chi connectivity index (χ0n) is 9.30. The maximum atomic E-state index is 10.5. The van der Waals surface area contributed by atoms with E-state index in [1.165, 1.54) is 0 Å². The van der Waals surface area contributed by atoms with E-state index in [-0.39, 0.29) is 18.8 Å². The molecule has 1 amide bonds. The van der Waals surface area contributed by atoms with Crippen molar-refractivity contribution in [2.24, 2.45) is 0 Å². The number of amides is 1. The number of fused-ring (bicyclic) bond motifs is 1. The minimum atomic E-state index is -1.11. The summed E-state index contributed by atoms with van der Waals surface area (Å²) in [6, 6.07) is 4.90. The van der Waals surface area contributed by atoms with Gasteiger partial charge < -0.3 is 20.3 Å². The quantitative estimate of drug-likeness (QED) is 0.624. The van der Waals surface area contributed by atoms with Crippen LogP contribution in [0.25, 0.3) is 0 Å². The first-order valence-electron chi connectivity index (χ1n) is 5.28. The molecule has 92 valence electrons. The molecule has 0 saturated heterocycles. The van der Waals surface area contributed by atoms with Gasteiger partial charge in [-0.05, 0) is 25.1 Å². The molecule has 0 saturated carbocycles. The van der Waals surface area contributed by atoms with Gasteiger partial charge in [0.2, 0.25) is 0 Å². The molecule has 6 nitrogen and oxygen atoms in total. The van der Waals surface area contributed by atoms with E-state index in [9.17, 15) is 4.79 Å². The Morgan fingerprint density at radius 2 is 2.35 bits per heavy atom. The van der Waals surface area contributed by atoms with Crippen molar-refractivity contribution >= 4 is 17.5 Å². The highest BCUT2D eigenvalue weighted by Crippen LogP contribution is 2.33. The van der Waals surface area contributed by atoms with Crippen LogP contribution in [-0.4, -0.2) is 35.1 Å². The van der Waals surface area contributed by atoms with E-state index in [1.54, 1.807) is 18.2 Å². The molecule has 17 heavy (non-hydrogen) atoms. The lowest BCUT2D eigenvalue weighted by atomic mass is 10.1. The number of aliphatic hydroxyl groups is 1. The lowest BCUT2D eigenvalue weighted by molar-refractivity contribution is 0.0978. The lowest BCUT2D eigenvalue weighted by Gasteiger charge is -2.32. The molecule has 0 radical (unpaired) electrons. The van der Waals surface area contributed by atoms with Crippen LogP contribution >= 0.6 is 0 Å². The molecule has 0 fully saturated rings. The maximum Gasteiger partial charge on any atom is 0.409 e. The van der Waals surface area contributed by atoms with E-state index < -0.39 is 6.09 Å². The zero-order chi connectivity index (χ0) is 12.4. The van der Waals surface area contributed by atoms with Crippen molar-refractivity contribution in [1.82, 2.24) is 0 Å². The van der Waals surface area contributed by atoms with Crippen LogP contribution in [0.3, 0.4) is 0 Å². The number of benzene rings is 1. The molecule has 1 aromatic rings. The van der Waals surface area contributed by atoms with Crippen molar-refractivity contribution in [3.8, 4) is 5.75 Å².